The summed E-state index contributed by atoms with van der Waals surface area (Å²) in [4.78, 5) is 15.2. The Kier molecular flexibility index (Phi) is 5.40. The van der Waals surface area contributed by atoms with Gasteiger partial charge in [-0.05, 0) is 17.7 Å². The second kappa shape index (κ2) is 7.05. The first-order valence-electron chi connectivity index (χ1n) is 5.54. The van der Waals surface area contributed by atoms with Crippen LogP contribution in [0.2, 0.25) is 0 Å². The molecule has 4 N–H and O–H groups in total. The maximum absolute atomic E-state index is 11.1. The summed E-state index contributed by atoms with van der Waals surface area (Å²) in [5, 5.41) is 0. The normalized spacial score (nSPS) is 12.1. The average molecular weight is 263 g/mol. The minimum Gasteiger partial charge on any atom is -0.497 e. The summed E-state index contributed by atoms with van der Waals surface area (Å²) in [6, 6.07) is 7.46. The molecular formula is C13H17N3O3. The van der Waals surface area contributed by atoms with Crippen LogP contribution in [0.4, 0.5) is 0 Å². The van der Waals surface area contributed by atoms with E-state index in [0.717, 1.165) is 11.3 Å². The van der Waals surface area contributed by atoms with Crippen molar-refractivity contribution in [2.75, 3.05) is 14.2 Å². The number of methoxy groups -OCH3 is 2. The van der Waals surface area contributed by atoms with Gasteiger partial charge in [-0.15, -0.1) is 0 Å². The quantitative estimate of drug-likeness (QED) is 0.459. The lowest BCUT2D eigenvalue weighted by Crippen LogP contribution is -2.20. The molecular weight excluding hydrogens is 246 g/mol. The highest BCUT2D eigenvalue weighted by molar-refractivity contribution is 5.95. The van der Waals surface area contributed by atoms with Crippen LogP contribution in [0.15, 0.2) is 40.7 Å². The molecule has 0 amide bonds. The van der Waals surface area contributed by atoms with Gasteiger partial charge in [0.25, 0.3) is 0 Å². The van der Waals surface area contributed by atoms with E-state index >= 15 is 0 Å². The number of nitrogens with two attached hydrogens (primary N) is 2. The molecule has 0 aromatic heterocycles. The second-order valence-corrected chi connectivity index (χ2v) is 3.68. The first kappa shape index (κ1) is 14.6. The number of carbonyl (C=O) groups is 1. The van der Waals surface area contributed by atoms with Crippen LogP contribution >= 0.6 is 0 Å². The van der Waals surface area contributed by atoms with Gasteiger partial charge in [0.1, 0.15) is 11.4 Å². The third-order valence-corrected chi connectivity index (χ3v) is 2.38. The Hall–Kier alpha value is -2.50. The number of allylic oxidation sites excluding steroid dienone is 1. The fourth-order valence-electron chi connectivity index (χ4n) is 1.28. The van der Waals surface area contributed by atoms with Gasteiger partial charge in [0.05, 0.1) is 26.5 Å². The fourth-order valence-corrected chi connectivity index (χ4v) is 1.28. The smallest absolute Gasteiger partial charge is 0.356 e. The third kappa shape index (κ3) is 4.34. The number of aliphatic imine (C=N–C) groups is 1. The van der Waals surface area contributed by atoms with Crippen LogP contribution in [-0.4, -0.2) is 26.4 Å². The highest BCUT2D eigenvalue weighted by atomic mass is 16.5. The number of benzene rings is 1. The van der Waals surface area contributed by atoms with E-state index in [1.807, 2.05) is 24.3 Å². The fraction of sp³-hybridized carbons (Fsp3) is 0.231. The van der Waals surface area contributed by atoms with E-state index in [-0.39, 0.29) is 11.4 Å². The lowest BCUT2D eigenvalue weighted by Gasteiger charge is -2.02. The van der Waals surface area contributed by atoms with E-state index in [1.54, 1.807) is 7.11 Å². The molecule has 1 aromatic carbocycles. The molecule has 0 atom stereocenters. The summed E-state index contributed by atoms with van der Waals surface area (Å²) >= 11 is 0. The molecule has 0 aliphatic heterocycles. The molecule has 6 nitrogen and oxygen atoms in total. The summed E-state index contributed by atoms with van der Waals surface area (Å²) in [5.41, 5.74) is 12.0. The summed E-state index contributed by atoms with van der Waals surface area (Å²) in [5.74, 6) is 0.107. The van der Waals surface area contributed by atoms with Crippen LogP contribution in [0.25, 0.3) is 0 Å². The largest absolute Gasteiger partial charge is 0.497 e. The van der Waals surface area contributed by atoms with Crippen LogP contribution in [0.3, 0.4) is 0 Å². The molecule has 0 aliphatic rings. The number of nitrogens with zero attached hydrogens (tertiary/aromatic N) is 1. The molecule has 0 aliphatic carbocycles. The highest BCUT2D eigenvalue weighted by Gasteiger charge is 2.07. The van der Waals surface area contributed by atoms with Crippen molar-refractivity contribution >= 4 is 12.2 Å². The molecule has 1 rings (SSSR count). The third-order valence-electron chi connectivity index (χ3n) is 2.38. The maximum Gasteiger partial charge on any atom is 0.356 e. The number of ether oxygens (including phenoxy) is 2. The van der Waals surface area contributed by atoms with E-state index in [2.05, 4.69) is 9.73 Å². The SMILES string of the molecule is COC(=O)C(N)=C(N)C=NCc1ccc(OC)cc1. The molecule has 102 valence electrons. The lowest BCUT2D eigenvalue weighted by atomic mass is 10.2. The maximum atomic E-state index is 11.1. The van der Waals surface area contributed by atoms with E-state index in [0.29, 0.717) is 6.54 Å². The van der Waals surface area contributed by atoms with Crippen molar-refractivity contribution in [1.29, 1.82) is 0 Å². The van der Waals surface area contributed by atoms with Gasteiger partial charge in [0.2, 0.25) is 0 Å². The van der Waals surface area contributed by atoms with E-state index < -0.39 is 5.97 Å². The number of hydrogen-bond donors (Lipinski definition) is 2. The minimum atomic E-state index is -0.673. The van der Waals surface area contributed by atoms with Gasteiger partial charge < -0.3 is 20.9 Å². The van der Waals surface area contributed by atoms with Crippen molar-refractivity contribution in [1.82, 2.24) is 0 Å². The number of rotatable bonds is 5. The Balaban J connectivity index is 2.64. The number of hydrogen-bond acceptors (Lipinski definition) is 6. The van der Waals surface area contributed by atoms with Gasteiger partial charge in [-0.3, -0.25) is 4.99 Å². The van der Waals surface area contributed by atoms with Crippen LogP contribution in [0, 0.1) is 0 Å². The molecule has 0 fully saturated rings. The van der Waals surface area contributed by atoms with E-state index in [1.165, 1.54) is 13.3 Å². The predicted octanol–water partition coefficient (Wildman–Crippen LogP) is 0.568. The van der Waals surface area contributed by atoms with Gasteiger partial charge in [-0.25, -0.2) is 4.79 Å². The molecule has 0 heterocycles. The minimum absolute atomic E-state index is 0.0837. The van der Waals surface area contributed by atoms with Crippen LogP contribution < -0.4 is 16.2 Å². The van der Waals surface area contributed by atoms with Crippen molar-refractivity contribution in [2.45, 2.75) is 6.54 Å². The van der Waals surface area contributed by atoms with Gasteiger partial charge in [-0.1, -0.05) is 12.1 Å². The Labute approximate surface area is 111 Å². The molecule has 0 radical (unpaired) electrons. The van der Waals surface area contributed by atoms with Crippen LogP contribution in [0.1, 0.15) is 5.56 Å². The molecule has 19 heavy (non-hydrogen) atoms. The Morgan fingerprint density at radius 1 is 1.26 bits per heavy atom. The average Bonchev–Trinajstić information content (AvgIpc) is 2.46. The van der Waals surface area contributed by atoms with Gasteiger partial charge in [0, 0.05) is 6.21 Å². The first-order valence-corrected chi connectivity index (χ1v) is 5.54. The van der Waals surface area contributed by atoms with Crippen LogP contribution in [-0.2, 0) is 16.1 Å². The summed E-state index contributed by atoms with van der Waals surface area (Å²) < 4.78 is 9.49. The molecule has 0 saturated carbocycles. The van der Waals surface area contributed by atoms with E-state index in [4.69, 9.17) is 16.2 Å². The Bertz CT molecular complexity index is 492. The zero-order valence-electron chi connectivity index (χ0n) is 10.9. The number of esters is 1. The first-order chi connectivity index (χ1) is 9.08. The Morgan fingerprint density at radius 3 is 2.42 bits per heavy atom. The molecule has 6 heteroatoms. The van der Waals surface area contributed by atoms with Gasteiger partial charge in [-0.2, -0.15) is 0 Å². The van der Waals surface area contributed by atoms with Gasteiger partial charge >= 0.3 is 5.97 Å². The molecule has 0 saturated heterocycles. The molecule has 0 spiro atoms. The summed E-state index contributed by atoms with van der Waals surface area (Å²) in [6.07, 6.45) is 1.34. The van der Waals surface area contributed by atoms with Crippen molar-refractivity contribution in [3.8, 4) is 5.75 Å². The zero-order valence-corrected chi connectivity index (χ0v) is 10.9. The molecule has 0 unspecified atom stereocenters. The van der Waals surface area contributed by atoms with Crippen molar-refractivity contribution in [3.63, 3.8) is 0 Å². The Morgan fingerprint density at radius 2 is 1.89 bits per heavy atom. The monoisotopic (exact) mass is 263 g/mol. The topological polar surface area (TPSA) is 99.9 Å². The summed E-state index contributed by atoms with van der Waals surface area (Å²) in [6.45, 7) is 0.430. The van der Waals surface area contributed by atoms with E-state index in [9.17, 15) is 4.79 Å². The zero-order chi connectivity index (χ0) is 14.3. The summed E-state index contributed by atoms with van der Waals surface area (Å²) in [7, 11) is 2.84. The molecule has 0 bridgehead atoms. The van der Waals surface area contributed by atoms with Crippen molar-refractivity contribution in [3.05, 3.63) is 41.2 Å². The molecule has 1 aromatic rings. The van der Waals surface area contributed by atoms with Gasteiger partial charge in [0.15, 0.2) is 0 Å². The number of carbonyl (C=O) groups excluding carboxylic acids is 1. The van der Waals surface area contributed by atoms with Crippen molar-refractivity contribution < 1.29 is 14.3 Å². The predicted molar refractivity (Wildman–Crippen MR) is 72.6 cm³/mol. The standard InChI is InChI=1S/C13H17N3O3/c1-18-10-5-3-9(4-6-10)7-16-8-11(14)12(15)13(17)19-2/h3-6,8H,7,14-15H2,1-2H3. The van der Waals surface area contributed by atoms with Crippen molar-refractivity contribution in [2.24, 2.45) is 16.5 Å². The highest BCUT2D eigenvalue weighted by Crippen LogP contribution is 2.11. The van der Waals surface area contributed by atoms with Crippen LogP contribution in [0.5, 0.6) is 5.75 Å². The second-order valence-electron chi connectivity index (χ2n) is 3.68. The lowest BCUT2D eigenvalue weighted by molar-refractivity contribution is -0.136.